The lowest BCUT2D eigenvalue weighted by molar-refractivity contribution is -0.124. The molecule has 88 heavy (non-hydrogen) atoms. The second kappa shape index (κ2) is 25.8. The fourth-order valence-corrected chi connectivity index (χ4v) is 11.1. The van der Waals surface area contributed by atoms with E-state index in [0.29, 0.717) is 99.1 Å². The molecule has 460 valence electrons. The van der Waals surface area contributed by atoms with Crippen LogP contribution in [0.4, 0.5) is 0 Å². The Hall–Kier alpha value is -8.34. The molecule has 14 nitrogen and oxygen atoms in total. The van der Waals surface area contributed by atoms with Gasteiger partial charge >= 0.3 is 0 Å². The molecule has 3 aliphatic rings. The van der Waals surface area contributed by atoms with E-state index in [4.69, 9.17) is 43.4 Å². The quantitative estimate of drug-likeness (QED) is 0.0262. The van der Waals surface area contributed by atoms with E-state index in [0.717, 1.165) is 66.8 Å². The monoisotopic (exact) mass is 1220 g/mol. The molecule has 2 heterocycles. The standard InChI is InChI=1S/C72H80N4O10S2/c1-69(2,3)51-33-43-29-47-37-53(71(7,8)9)39-49(61(47)85-25-13-23-83-55-19-15-41(16-20-55)27-57-63(79)73-67(87)74-64(57)80)31-45-35-52(70(4,5)6)36-46(60(45)78)32-50-40-54(72(10,11)12)38-48(30-44(34-51)59(43)77)62(50)86-26-14-24-84-56-21-17-42(18-22-56)28-58-65(81)75-68(88)76-66(58)82/h15-22,27-28,33-40,77-78H,13-14,23-26,29-32H2,1-12H3,(H2,73,74,79,80,87)(H2,75,76,81,82,88). The smallest absolute Gasteiger partial charge is 0.263 e. The summed E-state index contributed by atoms with van der Waals surface area (Å²) in [6, 6.07) is 31.6. The third kappa shape index (κ3) is 15.5. The number of nitrogens with one attached hydrogen (secondary N) is 4. The number of fused-ring (bicyclic) bond motifs is 8. The van der Waals surface area contributed by atoms with E-state index >= 15 is 0 Å². The summed E-state index contributed by atoms with van der Waals surface area (Å²) < 4.78 is 26.4. The second-order valence-corrected chi connectivity index (χ2v) is 27.9. The molecule has 6 aromatic rings. The molecule has 6 N–H and O–H groups in total. The van der Waals surface area contributed by atoms with E-state index < -0.39 is 23.6 Å². The van der Waals surface area contributed by atoms with Gasteiger partial charge in [0, 0.05) is 38.5 Å². The Bertz CT molecular complexity index is 3430. The normalized spacial score (nSPS) is 14.8. The first-order valence-corrected chi connectivity index (χ1v) is 30.7. The van der Waals surface area contributed by atoms with Crippen LogP contribution in [0, 0.1) is 0 Å². The average Bonchev–Trinajstić information content (AvgIpc) is 1.63. The highest BCUT2D eigenvalue weighted by Gasteiger charge is 2.31. The summed E-state index contributed by atoms with van der Waals surface area (Å²) in [7, 11) is 0. The Kier molecular flexibility index (Phi) is 18.8. The molecule has 16 heteroatoms. The van der Waals surface area contributed by atoms with Crippen molar-refractivity contribution in [2.45, 2.75) is 143 Å². The minimum atomic E-state index is -0.562. The Morgan fingerprint density at radius 1 is 0.386 bits per heavy atom. The van der Waals surface area contributed by atoms with E-state index in [1.165, 1.54) is 12.2 Å². The maximum absolute atomic E-state index is 12.8. The molecule has 0 aromatic heterocycles. The number of phenolic OH excluding ortho intramolecular Hbond substituents is 2. The van der Waals surface area contributed by atoms with Crippen molar-refractivity contribution in [2.24, 2.45) is 0 Å². The van der Waals surface area contributed by atoms with Crippen molar-refractivity contribution in [3.05, 3.63) is 186 Å². The molecule has 1 aliphatic carbocycles. The zero-order chi connectivity index (χ0) is 63.6. The van der Waals surface area contributed by atoms with Gasteiger partial charge in [0.25, 0.3) is 23.6 Å². The number of ether oxygens (including phenoxy) is 4. The molecule has 0 atom stereocenters. The van der Waals surface area contributed by atoms with Gasteiger partial charge in [0.1, 0.15) is 45.6 Å². The predicted octanol–water partition coefficient (Wildman–Crippen LogP) is 12.5. The maximum Gasteiger partial charge on any atom is 0.263 e. The number of hydrogen-bond donors (Lipinski definition) is 6. The van der Waals surface area contributed by atoms with Crippen molar-refractivity contribution in [3.8, 4) is 34.5 Å². The number of aromatic hydroxyl groups is 2. The number of carbonyl (C=O) groups excluding carboxylic acids is 4. The zero-order valence-corrected chi connectivity index (χ0v) is 54.1. The van der Waals surface area contributed by atoms with E-state index in [9.17, 15) is 29.4 Å². The van der Waals surface area contributed by atoms with Crippen molar-refractivity contribution in [1.29, 1.82) is 0 Å². The average molecular weight is 1230 g/mol. The SMILES string of the molecule is CC(C)(C)c1cc2c(O)c(c1)Cc1cc(C(C)(C)C)cc(c1OCCCOc1ccc(C=C3C(=O)NC(=S)NC3=O)cc1)Cc1cc(C(C)(C)C)cc(c1O)Cc1cc(C(C)(C)C)cc(c1OCCCOc1ccc(C=C3C(=O)NC(=S)NC3=O)cc1)C2. The number of thiocarbonyl (C=S) groups is 2. The number of rotatable bonds is 14. The van der Waals surface area contributed by atoms with Gasteiger partial charge in [0.05, 0.1) is 26.4 Å². The van der Waals surface area contributed by atoms with Crippen LogP contribution in [-0.2, 0) is 66.5 Å². The summed E-state index contributed by atoms with van der Waals surface area (Å²) in [5.41, 5.74) is 11.1. The Labute approximate surface area is 527 Å². The highest BCUT2D eigenvalue weighted by Crippen LogP contribution is 2.44. The lowest BCUT2D eigenvalue weighted by Gasteiger charge is -2.28. The molecule has 8 bridgehead atoms. The molecule has 9 rings (SSSR count). The molecular formula is C72H80N4O10S2. The third-order valence-electron chi connectivity index (χ3n) is 15.9. The fourth-order valence-electron chi connectivity index (χ4n) is 10.7. The first kappa shape index (κ1) is 64.1. The highest BCUT2D eigenvalue weighted by atomic mass is 32.1. The van der Waals surface area contributed by atoms with E-state index in [1.54, 1.807) is 48.5 Å². The minimum Gasteiger partial charge on any atom is -0.507 e. The van der Waals surface area contributed by atoms with Crippen molar-refractivity contribution in [2.75, 3.05) is 26.4 Å². The van der Waals surface area contributed by atoms with Crippen molar-refractivity contribution in [1.82, 2.24) is 21.3 Å². The van der Waals surface area contributed by atoms with Gasteiger partial charge in [-0.05, 0) is 160 Å². The summed E-state index contributed by atoms with van der Waals surface area (Å²) >= 11 is 9.87. The van der Waals surface area contributed by atoms with Crippen LogP contribution in [0.1, 0.15) is 174 Å². The molecule has 2 fully saturated rings. The zero-order valence-electron chi connectivity index (χ0n) is 52.4. The number of amides is 4. The molecule has 0 saturated carbocycles. The van der Waals surface area contributed by atoms with Gasteiger partial charge < -0.3 is 29.2 Å². The van der Waals surface area contributed by atoms with Crippen LogP contribution in [0.25, 0.3) is 12.2 Å². The van der Waals surface area contributed by atoms with E-state index in [2.05, 4.69) is 153 Å². The van der Waals surface area contributed by atoms with Gasteiger partial charge in [-0.25, -0.2) is 0 Å². The predicted molar refractivity (Wildman–Crippen MR) is 353 cm³/mol. The summed E-state index contributed by atoms with van der Waals surface area (Å²) in [4.78, 5) is 49.8. The lowest BCUT2D eigenvalue weighted by atomic mass is 9.79. The van der Waals surface area contributed by atoms with Gasteiger partial charge in [-0.2, -0.15) is 0 Å². The molecule has 4 amide bonds. The molecule has 0 radical (unpaired) electrons. The van der Waals surface area contributed by atoms with Gasteiger partial charge in [-0.15, -0.1) is 0 Å². The van der Waals surface area contributed by atoms with Crippen LogP contribution in [0.5, 0.6) is 34.5 Å². The number of phenols is 2. The summed E-state index contributed by atoms with van der Waals surface area (Å²) in [6.07, 6.45) is 5.46. The first-order valence-electron chi connectivity index (χ1n) is 29.9. The Morgan fingerprint density at radius 3 is 0.875 bits per heavy atom. The van der Waals surface area contributed by atoms with Crippen LogP contribution in [0.3, 0.4) is 0 Å². The van der Waals surface area contributed by atoms with Gasteiger partial charge in [-0.1, -0.05) is 156 Å². The van der Waals surface area contributed by atoms with Gasteiger partial charge in [0.2, 0.25) is 0 Å². The molecule has 6 aromatic carbocycles. The van der Waals surface area contributed by atoms with Gasteiger partial charge in [0.15, 0.2) is 10.2 Å². The Morgan fingerprint density at radius 2 is 0.625 bits per heavy atom. The molecular weight excluding hydrogens is 1140 g/mol. The van der Waals surface area contributed by atoms with Crippen LogP contribution in [0.15, 0.2) is 108 Å². The molecule has 2 saturated heterocycles. The fraction of sp³-hybridized carbons (Fsp3) is 0.361. The number of carbonyl (C=O) groups is 4. The van der Waals surface area contributed by atoms with E-state index in [1.807, 2.05) is 0 Å². The topological polar surface area (TPSA) is 194 Å². The van der Waals surface area contributed by atoms with Crippen LogP contribution < -0.4 is 40.2 Å². The lowest BCUT2D eigenvalue weighted by Crippen LogP contribution is -2.51. The first-order chi connectivity index (χ1) is 41.4. The molecule has 0 spiro atoms. The largest absolute Gasteiger partial charge is 0.507 e. The second-order valence-electron chi connectivity index (χ2n) is 27.1. The highest BCUT2D eigenvalue weighted by molar-refractivity contribution is 7.80. The summed E-state index contributed by atoms with van der Waals surface area (Å²) in [6.45, 7) is 27.6. The van der Waals surface area contributed by atoms with Crippen LogP contribution in [0.2, 0.25) is 0 Å². The molecule has 0 unspecified atom stereocenters. The van der Waals surface area contributed by atoms with Crippen LogP contribution in [-0.4, -0.2) is 70.5 Å². The minimum absolute atomic E-state index is 0.0267. The van der Waals surface area contributed by atoms with Crippen molar-refractivity contribution < 1.29 is 48.3 Å². The third-order valence-corrected chi connectivity index (χ3v) is 16.3. The summed E-state index contributed by atoms with van der Waals surface area (Å²) in [5.74, 6) is 0.766. The summed E-state index contributed by atoms with van der Waals surface area (Å²) in [5, 5.41) is 35.5. The van der Waals surface area contributed by atoms with Crippen molar-refractivity contribution >= 4 is 70.4 Å². The van der Waals surface area contributed by atoms with Crippen molar-refractivity contribution in [3.63, 3.8) is 0 Å². The number of benzene rings is 6. The number of hydrogen-bond acceptors (Lipinski definition) is 12. The Balaban J connectivity index is 1.06. The molecule has 2 aliphatic heterocycles. The maximum atomic E-state index is 12.8. The van der Waals surface area contributed by atoms with E-state index in [-0.39, 0.29) is 54.5 Å². The van der Waals surface area contributed by atoms with Crippen LogP contribution >= 0.6 is 24.4 Å². The van der Waals surface area contributed by atoms with Gasteiger partial charge in [-0.3, -0.25) is 40.4 Å².